The second-order valence-corrected chi connectivity index (χ2v) is 5.80. The lowest BCUT2D eigenvalue weighted by Gasteiger charge is -2.12. The Morgan fingerprint density at radius 1 is 1.14 bits per heavy atom. The highest BCUT2D eigenvalue weighted by molar-refractivity contribution is 5.84. The molecule has 1 heterocycles. The first-order chi connectivity index (χ1) is 10.6. The van der Waals surface area contributed by atoms with Crippen LogP contribution in [0.4, 0.5) is 4.39 Å². The fourth-order valence-electron chi connectivity index (χ4n) is 2.75. The third-order valence-corrected chi connectivity index (χ3v) is 3.84. The highest BCUT2D eigenvalue weighted by atomic mass is 19.1. The summed E-state index contributed by atoms with van der Waals surface area (Å²) in [7, 11) is 4.12. The Morgan fingerprint density at radius 3 is 2.77 bits per heavy atom. The fraction of sp³-hybridized carbons (Fsp3) is 0.263. The molecule has 0 aromatic heterocycles. The van der Waals surface area contributed by atoms with Crippen molar-refractivity contribution in [1.29, 1.82) is 0 Å². The number of halogens is 1. The molecule has 2 nitrogen and oxygen atoms in total. The predicted molar refractivity (Wildman–Crippen MR) is 87.4 cm³/mol. The Kier molecular flexibility index (Phi) is 4.25. The van der Waals surface area contributed by atoms with E-state index in [4.69, 9.17) is 4.74 Å². The lowest BCUT2D eigenvalue weighted by Crippen LogP contribution is -2.12. The van der Waals surface area contributed by atoms with E-state index in [0.717, 1.165) is 41.0 Å². The Hall–Kier alpha value is -2.13. The first-order valence-corrected chi connectivity index (χ1v) is 7.51. The number of nitrogens with zero attached hydrogens (tertiary/aromatic N) is 1. The number of para-hydroxylation sites is 1. The van der Waals surface area contributed by atoms with Gasteiger partial charge in [0.05, 0.1) is 0 Å². The first-order valence-electron chi connectivity index (χ1n) is 7.51. The van der Waals surface area contributed by atoms with Crippen LogP contribution in [0.2, 0.25) is 0 Å². The van der Waals surface area contributed by atoms with Crippen molar-refractivity contribution in [2.24, 2.45) is 0 Å². The lowest BCUT2D eigenvalue weighted by atomic mass is 9.93. The third-order valence-electron chi connectivity index (χ3n) is 3.84. The van der Waals surface area contributed by atoms with Crippen LogP contribution in [-0.2, 0) is 6.61 Å². The van der Waals surface area contributed by atoms with E-state index in [2.05, 4.69) is 31.1 Å². The standard InChI is InChI=1S/C19H20FNO/c1-21(2)11-5-7-17-16-10-9-15(20)12-14(16)13-22-19-8-4-3-6-18(17)19/h3-4,6-10,12H,5,11,13H2,1-2H3. The number of fused-ring (bicyclic) bond motifs is 2. The van der Waals surface area contributed by atoms with Gasteiger partial charge in [0.25, 0.3) is 0 Å². The zero-order valence-electron chi connectivity index (χ0n) is 13.0. The first kappa shape index (κ1) is 14.8. The van der Waals surface area contributed by atoms with E-state index in [9.17, 15) is 4.39 Å². The van der Waals surface area contributed by atoms with E-state index < -0.39 is 0 Å². The summed E-state index contributed by atoms with van der Waals surface area (Å²) in [6.07, 6.45) is 3.16. The summed E-state index contributed by atoms with van der Waals surface area (Å²) >= 11 is 0. The van der Waals surface area contributed by atoms with Gasteiger partial charge < -0.3 is 9.64 Å². The molecule has 0 saturated heterocycles. The van der Waals surface area contributed by atoms with E-state index in [-0.39, 0.29) is 5.82 Å². The molecule has 114 valence electrons. The van der Waals surface area contributed by atoms with Crippen LogP contribution in [0, 0.1) is 5.82 Å². The number of hydrogen-bond acceptors (Lipinski definition) is 2. The maximum atomic E-state index is 13.6. The molecule has 0 aliphatic carbocycles. The Morgan fingerprint density at radius 2 is 1.95 bits per heavy atom. The van der Waals surface area contributed by atoms with Crippen LogP contribution in [-0.4, -0.2) is 25.5 Å². The number of ether oxygens (including phenoxy) is 1. The van der Waals surface area contributed by atoms with Gasteiger partial charge in [-0.15, -0.1) is 0 Å². The zero-order valence-corrected chi connectivity index (χ0v) is 13.0. The second kappa shape index (κ2) is 6.32. The van der Waals surface area contributed by atoms with Gasteiger partial charge in [-0.25, -0.2) is 4.39 Å². The molecule has 0 bridgehead atoms. The molecule has 0 fully saturated rings. The molecule has 0 N–H and O–H groups in total. The normalized spacial score (nSPS) is 15.2. The molecule has 2 aromatic rings. The molecule has 3 rings (SSSR count). The highest BCUT2D eigenvalue weighted by Gasteiger charge is 2.19. The number of benzene rings is 2. The molecule has 22 heavy (non-hydrogen) atoms. The summed E-state index contributed by atoms with van der Waals surface area (Å²) in [5.41, 5.74) is 4.16. The molecule has 0 unspecified atom stereocenters. The van der Waals surface area contributed by atoms with Crippen LogP contribution in [0.1, 0.15) is 23.1 Å². The topological polar surface area (TPSA) is 12.5 Å². The minimum absolute atomic E-state index is 0.221. The summed E-state index contributed by atoms with van der Waals surface area (Å²) in [6.45, 7) is 1.37. The molecule has 3 heteroatoms. The van der Waals surface area contributed by atoms with Crippen LogP contribution in [0.15, 0.2) is 48.5 Å². The van der Waals surface area contributed by atoms with Gasteiger partial charge in [0.1, 0.15) is 18.2 Å². The molecule has 0 saturated carbocycles. The van der Waals surface area contributed by atoms with Crippen molar-refractivity contribution in [1.82, 2.24) is 4.90 Å². The number of hydrogen-bond donors (Lipinski definition) is 0. The number of rotatable bonds is 3. The van der Waals surface area contributed by atoms with Crippen LogP contribution in [0.25, 0.3) is 5.57 Å². The van der Waals surface area contributed by atoms with Gasteiger partial charge in [-0.1, -0.05) is 30.3 Å². The van der Waals surface area contributed by atoms with Gasteiger partial charge >= 0.3 is 0 Å². The van der Waals surface area contributed by atoms with E-state index in [1.54, 1.807) is 6.07 Å². The van der Waals surface area contributed by atoms with Gasteiger partial charge in [0.15, 0.2) is 0 Å². The monoisotopic (exact) mass is 297 g/mol. The van der Waals surface area contributed by atoms with E-state index >= 15 is 0 Å². The van der Waals surface area contributed by atoms with Crippen molar-refractivity contribution >= 4 is 5.57 Å². The molecule has 1 aliphatic heterocycles. The molecule has 2 aromatic carbocycles. The van der Waals surface area contributed by atoms with Crippen LogP contribution < -0.4 is 4.74 Å². The largest absolute Gasteiger partial charge is 0.488 e. The average molecular weight is 297 g/mol. The molecular weight excluding hydrogens is 277 g/mol. The summed E-state index contributed by atoms with van der Waals surface area (Å²) in [4.78, 5) is 2.15. The molecule has 0 spiro atoms. The van der Waals surface area contributed by atoms with Crippen molar-refractivity contribution in [2.45, 2.75) is 13.0 Å². The van der Waals surface area contributed by atoms with Gasteiger partial charge in [-0.2, -0.15) is 0 Å². The molecular formula is C19H20FNO. The Labute approximate surface area is 130 Å². The summed E-state index contributed by atoms with van der Waals surface area (Å²) in [5.74, 6) is 0.635. The molecule has 0 amide bonds. The summed E-state index contributed by atoms with van der Waals surface area (Å²) in [6, 6.07) is 13.0. The summed E-state index contributed by atoms with van der Waals surface area (Å²) in [5, 5.41) is 0. The van der Waals surface area contributed by atoms with E-state index in [1.807, 2.05) is 24.3 Å². The van der Waals surface area contributed by atoms with Gasteiger partial charge in [-0.3, -0.25) is 0 Å². The maximum Gasteiger partial charge on any atom is 0.127 e. The average Bonchev–Trinajstić information content (AvgIpc) is 2.64. The molecule has 0 radical (unpaired) electrons. The predicted octanol–water partition coefficient (Wildman–Crippen LogP) is 4.10. The van der Waals surface area contributed by atoms with Crippen LogP contribution in [0.5, 0.6) is 5.75 Å². The minimum atomic E-state index is -0.221. The van der Waals surface area contributed by atoms with Gasteiger partial charge in [0, 0.05) is 17.7 Å². The second-order valence-electron chi connectivity index (χ2n) is 5.80. The Bertz CT molecular complexity index is 706. The zero-order chi connectivity index (χ0) is 15.5. The van der Waals surface area contributed by atoms with Crippen molar-refractivity contribution in [3.05, 3.63) is 71.0 Å². The maximum absolute atomic E-state index is 13.6. The third kappa shape index (κ3) is 3.04. The minimum Gasteiger partial charge on any atom is -0.488 e. The van der Waals surface area contributed by atoms with Crippen molar-refractivity contribution < 1.29 is 9.13 Å². The van der Waals surface area contributed by atoms with Crippen molar-refractivity contribution in [3.8, 4) is 5.75 Å². The van der Waals surface area contributed by atoms with Crippen molar-refractivity contribution in [2.75, 3.05) is 20.6 Å². The van der Waals surface area contributed by atoms with Crippen LogP contribution >= 0.6 is 0 Å². The summed E-state index contributed by atoms with van der Waals surface area (Å²) < 4.78 is 19.4. The fourth-order valence-corrected chi connectivity index (χ4v) is 2.75. The van der Waals surface area contributed by atoms with E-state index in [0.29, 0.717) is 6.61 Å². The van der Waals surface area contributed by atoms with E-state index in [1.165, 1.54) is 6.07 Å². The van der Waals surface area contributed by atoms with Gasteiger partial charge in [-0.05, 0) is 49.9 Å². The molecule has 0 atom stereocenters. The van der Waals surface area contributed by atoms with Gasteiger partial charge in [0.2, 0.25) is 0 Å². The Balaban J connectivity index is 2.08. The van der Waals surface area contributed by atoms with Crippen LogP contribution in [0.3, 0.4) is 0 Å². The quantitative estimate of drug-likeness (QED) is 0.845. The lowest BCUT2D eigenvalue weighted by molar-refractivity contribution is 0.306. The SMILES string of the molecule is CN(C)CCC=C1c2ccc(F)cc2COc2ccccc21. The highest BCUT2D eigenvalue weighted by Crippen LogP contribution is 2.36. The molecule has 1 aliphatic rings. The van der Waals surface area contributed by atoms with Crippen molar-refractivity contribution in [3.63, 3.8) is 0 Å². The smallest absolute Gasteiger partial charge is 0.127 e.